The Morgan fingerprint density at radius 2 is 2.13 bits per heavy atom. The van der Waals surface area contributed by atoms with Crippen molar-refractivity contribution >= 4 is 21.4 Å². The Kier molecular flexibility index (Phi) is 4.27. The summed E-state index contributed by atoms with van der Waals surface area (Å²) in [5.41, 5.74) is 0. The largest absolute Gasteiger partial charge is 0.315 e. The molecule has 1 heterocycles. The van der Waals surface area contributed by atoms with Crippen LogP contribution in [0.15, 0.2) is 11.0 Å². The molecule has 0 aliphatic rings. The number of rotatable bonds is 5. The van der Waals surface area contributed by atoms with E-state index in [-0.39, 0.29) is 0 Å². The van der Waals surface area contributed by atoms with E-state index in [1.807, 2.05) is 14.0 Å². The molecule has 0 saturated heterocycles. The summed E-state index contributed by atoms with van der Waals surface area (Å²) < 4.78 is 26.0. The summed E-state index contributed by atoms with van der Waals surface area (Å²) in [4.78, 5) is 2.27. The third-order valence-electron chi connectivity index (χ3n) is 1.90. The highest BCUT2D eigenvalue weighted by Crippen LogP contribution is 2.25. The lowest BCUT2D eigenvalue weighted by atomic mass is 10.4. The van der Waals surface area contributed by atoms with Crippen LogP contribution in [-0.2, 0) is 16.6 Å². The van der Waals surface area contributed by atoms with Crippen LogP contribution in [0.1, 0.15) is 16.7 Å². The number of thiophene rings is 1. The monoisotopic (exact) mass is 248 g/mol. The fourth-order valence-electron chi connectivity index (χ4n) is 1.32. The van der Waals surface area contributed by atoms with E-state index in [1.54, 1.807) is 13.0 Å². The Balaban J connectivity index is 3.04. The first-order chi connectivity index (χ1) is 7.01. The standard InChI is InChI=1S/C9H16N2O2S2/c1-4-11-15(12,13)9-5-8(6-10-3)14-7(9)2/h5,10-11H,4,6H2,1-3H3. The molecule has 0 aromatic carbocycles. The minimum absolute atomic E-state index is 0.402. The van der Waals surface area contributed by atoms with E-state index in [1.165, 1.54) is 11.3 Å². The third-order valence-corrected chi connectivity index (χ3v) is 4.75. The van der Waals surface area contributed by atoms with Crippen molar-refractivity contribution in [3.8, 4) is 0 Å². The van der Waals surface area contributed by atoms with Gasteiger partial charge in [-0.15, -0.1) is 11.3 Å². The van der Waals surface area contributed by atoms with E-state index in [9.17, 15) is 8.42 Å². The number of hydrogen-bond donors (Lipinski definition) is 2. The third kappa shape index (κ3) is 3.01. The molecule has 0 fully saturated rings. The van der Waals surface area contributed by atoms with E-state index in [4.69, 9.17) is 0 Å². The minimum atomic E-state index is -3.31. The van der Waals surface area contributed by atoms with E-state index in [0.29, 0.717) is 18.0 Å². The van der Waals surface area contributed by atoms with Gasteiger partial charge < -0.3 is 5.32 Å². The number of hydrogen-bond acceptors (Lipinski definition) is 4. The first kappa shape index (κ1) is 12.6. The van der Waals surface area contributed by atoms with Crippen molar-refractivity contribution in [3.63, 3.8) is 0 Å². The van der Waals surface area contributed by atoms with Crippen LogP contribution in [0, 0.1) is 6.92 Å². The molecule has 0 bridgehead atoms. The fourth-order valence-corrected chi connectivity index (χ4v) is 4.01. The molecular weight excluding hydrogens is 232 g/mol. The molecule has 15 heavy (non-hydrogen) atoms. The Bertz CT molecular complexity index is 423. The lowest BCUT2D eigenvalue weighted by molar-refractivity contribution is 0.583. The van der Waals surface area contributed by atoms with E-state index in [2.05, 4.69) is 10.0 Å². The maximum atomic E-state index is 11.7. The van der Waals surface area contributed by atoms with Gasteiger partial charge in [-0.1, -0.05) is 6.92 Å². The lowest BCUT2D eigenvalue weighted by Gasteiger charge is -2.02. The van der Waals surface area contributed by atoms with Crippen molar-refractivity contribution in [1.82, 2.24) is 10.0 Å². The lowest BCUT2D eigenvalue weighted by Crippen LogP contribution is -2.23. The molecule has 1 aromatic rings. The number of aryl methyl sites for hydroxylation is 1. The smallest absolute Gasteiger partial charge is 0.241 e. The van der Waals surface area contributed by atoms with Crippen LogP contribution in [-0.4, -0.2) is 22.0 Å². The van der Waals surface area contributed by atoms with Crippen molar-refractivity contribution in [1.29, 1.82) is 0 Å². The van der Waals surface area contributed by atoms with Gasteiger partial charge in [0.05, 0.1) is 4.90 Å². The molecule has 6 heteroatoms. The fraction of sp³-hybridized carbons (Fsp3) is 0.556. The van der Waals surface area contributed by atoms with Crippen molar-refractivity contribution < 1.29 is 8.42 Å². The Hall–Kier alpha value is -0.430. The van der Waals surface area contributed by atoms with Gasteiger partial charge in [-0.3, -0.25) is 0 Å². The highest BCUT2D eigenvalue weighted by molar-refractivity contribution is 7.89. The molecule has 1 rings (SSSR count). The van der Waals surface area contributed by atoms with Gasteiger partial charge in [0.2, 0.25) is 10.0 Å². The Morgan fingerprint density at radius 3 is 2.67 bits per heavy atom. The second-order valence-corrected chi connectivity index (χ2v) is 6.24. The van der Waals surface area contributed by atoms with Crippen LogP contribution in [0.3, 0.4) is 0 Å². The van der Waals surface area contributed by atoms with E-state index < -0.39 is 10.0 Å². The van der Waals surface area contributed by atoms with Crippen LogP contribution in [0.5, 0.6) is 0 Å². The quantitative estimate of drug-likeness (QED) is 0.819. The van der Waals surface area contributed by atoms with Gasteiger partial charge in [0.15, 0.2) is 0 Å². The maximum Gasteiger partial charge on any atom is 0.241 e. The van der Waals surface area contributed by atoms with Gasteiger partial charge in [-0.2, -0.15) is 0 Å². The molecule has 86 valence electrons. The van der Waals surface area contributed by atoms with Crippen molar-refractivity contribution in [3.05, 3.63) is 15.8 Å². The van der Waals surface area contributed by atoms with Crippen molar-refractivity contribution in [2.75, 3.05) is 13.6 Å². The van der Waals surface area contributed by atoms with E-state index >= 15 is 0 Å². The molecule has 0 atom stereocenters. The molecule has 0 radical (unpaired) electrons. The topological polar surface area (TPSA) is 58.2 Å². The molecular formula is C9H16N2O2S2. The molecule has 0 aliphatic carbocycles. The summed E-state index contributed by atoms with van der Waals surface area (Å²) in [5, 5.41) is 3.00. The van der Waals surface area contributed by atoms with Crippen LogP contribution >= 0.6 is 11.3 Å². The molecule has 4 nitrogen and oxygen atoms in total. The average Bonchev–Trinajstić information content (AvgIpc) is 2.48. The van der Waals surface area contributed by atoms with Gasteiger partial charge in [0.25, 0.3) is 0 Å². The highest BCUT2D eigenvalue weighted by atomic mass is 32.2. The van der Waals surface area contributed by atoms with Crippen molar-refractivity contribution in [2.45, 2.75) is 25.3 Å². The second kappa shape index (κ2) is 5.07. The normalized spacial score (nSPS) is 11.9. The molecule has 2 N–H and O–H groups in total. The van der Waals surface area contributed by atoms with Crippen LogP contribution in [0.2, 0.25) is 0 Å². The van der Waals surface area contributed by atoms with Crippen molar-refractivity contribution in [2.24, 2.45) is 0 Å². The molecule has 0 spiro atoms. The van der Waals surface area contributed by atoms with Gasteiger partial charge in [0.1, 0.15) is 0 Å². The number of nitrogens with one attached hydrogen (secondary N) is 2. The summed E-state index contributed by atoms with van der Waals surface area (Å²) in [7, 11) is -1.47. The zero-order valence-electron chi connectivity index (χ0n) is 9.12. The molecule has 0 unspecified atom stereocenters. The summed E-state index contributed by atoms with van der Waals surface area (Å²) in [6.07, 6.45) is 0. The second-order valence-electron chi connectivity index (χ2n) is 3.16. The molecule has 0 aliphatic heterocycles. The number of sulfonamides is 1. The SMILES string of the molecule is CCNS(=O)(=O)c1cc(CNC)sc1C. The summed E-state index contributed by atoms with van der Waals surface area (Å²) >= 11 is 1.51. The predicted octanol–water partition coefficient (Wildman–Crippen LogP) is 1.07. The van der Waals surface area contributed by atoms with Crippen LogP contribution < -0.4 is 10.0 Å². The summed E-state index contributed by atoms with van der Waals surface area (Å²) in [5.74, 6) is 0. The predicted molar refractivity (Wildman–Crippen MR) is 62.7 cm³/mol. The first-order valence-electron chi connectivity index (χ1n) is 4.74. The molecule has 0 saturated carbocycles. The van der Waals surface area contributed by atoms with Gasteiger partial charge in [0, 0.05) is 22.8 Å². The zero-order valence-corrected chi connectivity index (χ0v) is 10.8. The first-order valence-corrected chi connectivity index (χ1v) is 7.04. The van der Waals surface area contributed by atoms with E-state index in [0.717, 1.165) is 9.75 Å². The Labute approximate surface area is 94.8 Å². The zero-order chi connectivity index (χ0) is 11.5. The maximum absolute atomic E-state index is 11.7. The Morgan fingerprint density at radius 1 is 1.47 bits per heavy atom. The highest BCUT2D eigenvalue weighted by Gasteiger charge is 2.18. The molecule has 1 aromatic heterocycles. The summed E-state index contributed by atoms with van der Waals surface area (Å²) in [6.45, 7) is 4.72. The van der Waals surface area contributed by atoms with Crippen LogP contribution in [0.4, 0.5) is 0 Å². The van der Waals surface area contributed by atoms with Gasteiger partial charge in [-0.25, -0.2) is 13.1 Å². The van der Waals surface area contributed by atoms with Crippen LogP contribution in [0.25, 0.3) is 0 Å². The summed E-state index contributed by atoms with van der Waals surface area (Å²) in [6, 6.07) is 1.73. The average molecular weight is 248 g/mol. The van der Waals surface area contributed by atoms with Gasteiger partial charge in [-0.05, 0) is 20.0 Å². The van der Waals surface area contributed by atoms with Gasteiger partial charge >= 0.3 is 0 Å². The minimum Gasteiger partial charge on any atom is -0.315 e. The molecule has 0 amide bonds.